The van der Waals surface area contributed by atoms with Crippen LogP contribution in [-0.2, 0) is 28.6 Å². The van der Waals surface area contributed by atoms with Crippen LogP contribution < -0.4 is 0 Å². The van der Waals surface area contributed by atoms with Gasteiger partial charge in [-0.25, -0.2) is 0 Å². The average molecular weight is 1120 g/mol. The molecule has 0 radical (unpaired) electrons. The average Bonchev–Trinajstić information content (AvgIpc) is 3.46. The van der Waals surface area contributed by atoms with Crippen molar-refractivity contribution in [3.8, 4) is 0 Å². The second-order valence-corrected chi connectivity index (χ2v) is 24.1. The molecule has 0 bridgehead atoms. The Hall–Kier alpha value is -2.63. The summed E-state index contributed by atoms with van der Waals surface area (Å²) in [6.45, 7) is 6.66. The molecule has 0 aromatic rings. The maximum Gasteiger partial charge on any atom is 0.306 e. The third kappa shape index (κ3) is 66.2. The second-order valence-electron chi connectivity index (χ2n) is 24.1. The molecule has 80 heavy (non-hydrogen) atoms. The molecule has 0 aromatic carbocycles. The summed E-state index contributed by atoms with van der Waals surface area (Å²) in [6, 6.07) is 0. The Labute approximate surface area is 498 Å². The summed E-state index contributed by atoms with van der Waals surface area (Å²) >= 11 is 0. The minimum Gasteiger partial charge on any atom is -0.462 e. The molecule has 1 unspecified atom stereocenters. The van der Waals surface area contributed by atoms with Crippen molar-refractivity contribution in [3.05, 3.63) is 48.6 Å². The van der Waals surface area contributed by atoms with Crippen molar-refractivity contribution in [1.29, 1.82) is 0 Å². The summed E-state index contributed by atoms with van der Waals surface area (Å²) in [5.74, 6) is -0.868. The van der Waals surface area contributed by atoms with Crippen LogP contribution in [-0.4, -0.2) is 37.2 Å². The van der Waals surface area contributed by atoms with E-state index in [-0.39, 0.29) is 31.1 Å². The van der Waals surface area contributed by atoms with Gasteiger partial charge in [0.25, 0.3) is 0 Å². The van der Waals surface area contributed by atoms with Crippen molar-refractivity contribution < 1.29 is 28.6 Å². The fourth-order valence-corrected chi connectivity index (χ4v) is 10.6. The Kier molecular flexibility index (Phi) is 66.6. The van der Waals surface area contributed by atoms with E-state index in [0.29, 0.717) is 19.3 Å². The lowest BCUT2D eigenvalue weighted by Crippen LogP contribution is -2.30. The molecule has 0 aliphatic rings. The van der Waals surface area contributed by atoms with Gasteiger partial charge in [-0.3, -0.25) is 14.4 Å². The van der Waals surface area contributed by atoms with E-state index in [1.165, 1.54) is 270 Å². The molecule has 0 saturated carbocycles. The molecular weight excluding hydrogens is 985 g/mol. The lowest BCUT2D eigenvalue weighted by atomic mass is 10.0. The third-order valence-corrected chi connectivity index (χ3v) is 16.0. The molecule has 0 amide bonds. The fourth-order valence-electron chi connectivity index (χ4n) is 10.6. The minimum absolute atomic E-state index is 0.0746. The SMILES string of the molecule is CCCCCCC/C=C\C/C=C\CCCCCCCCCCCCCCCCCCCCCCCC(=O)OCC(COC(=O)CCCCCCC/C=C\CCCCCCC)OC(=O)CCCCCCC/C=C\CCCCCCCC. The molecule has 0 aromatic heterocycles. The van der Waals surface area contributed by atoms with Crippen molar-refractivity contribution in [2.45, 2.75) is 393 Å². The van der Waals surface area contributed by atoms with Gasteiger partial charge in [-0.1, -0.05) is 313 Å². The van der Waals surface area contributed by atoms with Crippen LogP contribution in [0.3, 0.4) is 0 Å². The smallest absolute Gasteiger partial charge is 0.306 e. The van der Waals surface area contributed by atoms with Gasteiger partial charge >= 0.3 is 17.9 Å². The largest absolute Gasteiger partial charge is 0.462 e. The number of rotatable bonds is 66. The van der Waals surface area contributed by atoms with Crippen molar-refractivity contribution >= 4 is 17.9 Å². The Balaban J connectivity index is 4.11. The molecule has 1 atom stereocenters. The third-order valence-electron chi connectivity index (χ3n) is 16.0. The first-order valence-corrected chi connectivity index (χ1v) is 35.6. The zero-order chi connectivity index (χ0) is 57.8. The molecule has 0 saturated heterocycles. The number of hydrogen-bond acceptors (Lipinski definition) is 6. The maximum absolute atomic E-state index is 12.9. The summed E-state index contributed by atoms with van der Waals surface area (Å²) in [5.41, 5.74) is 0. The predicted molar refractivity (Wildman–Crippen MR) is 349 cm³/mol. The first kappa shape index (κ1) is 77.4. The molecule has 0 aliphatic carbocycles. The van der Waals surface area contributed by atoms with E-state index in [2.05, 4.69) is 69.4 Å². The van der Waals surface area contributed by atoms with Crippen LogP contribution in [0.1, 0.15) is 387 Å². The van der Waals surface area contributed by atoms with E-state index in [9.17, 15) is 14.4 Å². The van der Waals surface area contributed by atoms with Gasteiger partial charge in [-0.15, -0.1) is 0 Å². The predicted octanol–water partition coefficient (Wildman–Crippen LogP) is 24.5. The Bertz CT molecular complexity index is 1380. The number of allylic oxidation sites excluding steroid dienone is 8. The number of esters is 3. The van der Waals surface area contributed by atoms with E-state index < -0.39 is 6.10 Å². The van der Waals surface area contributed by atoms with E-state index >= 15 is 0 Å². The van der Waals surface area contributed by atoms with Crippen LogP contribution in [0.5, 0.6) is 0 Å². The van der Waals surface area contributed by atoms with Crippen LogP contribution in [0, 0.1) is 0 Å². The van der Waals surface area contributed by atoms with Gasteiger partial charge in [0, 0.05) is 19.3 Å². The molecule has 0 rings (SSSR count). The van der Waals surface area contributed by atoms with Crippen molar-refractivity contribution in [1.82, 2.24) is 0 Å². The van der Waals surface area contributed by atoms with Crippen LogP contribution in [0.4, 0.5) is 0 Å². The summed E-state index contributed by atoms with van der Waals surface area (Å²) in [5, 5.41) is 0. The van der Waals surface area contributed by atoms with Gasteiger partial charge < -0.3 is 14.2 Å². The lowest BCUT2D eigenvalue weighted by molar-refractivity contribution is -0.167. The van der Waals surface area contributed by atoms with Crippen LogP contribution in [0.15, 0.2) is 48.6 Å². The maximum atomic E-state index is 12.9. The quantitative estimate of drug-likeness (QED) is 0.0261. The van der Waals surface area contributed by atoms with Crippen LogP contribution in [0.25, 0.3) is 0 Å². The van der Waals surface area contributed by atoms with E-state index in [0.717, 1.165) is 77.0 Å². The van der Waals surface area contributed by atoms with E-state index in [1.807, 2.05) is 0 Å². The highest BCUT2D eigenvalue weighted by Crippen LogP contribution is 2.18. The first-order valence-electron chi connectivity index (χ1n) is 35.6. The molecule has 0 fully saturated rings. The topological polar surface area (TPSA) is 78.9 Å². The van der Waals surface area contributed by atoms with Crippen LogP contribution >= 0.6 is 0 Å². The number of hydrogen-bond donors (Lipinski definition) is 0. The van der Waals surface area contributed by atoms with Crippen molar-refractivity contribution in [3.63, 3.8) is 0 Å². The Morgan fingerprint density at radius 1 is 0.250 bits per heavy atom. The lowest BCUT2D eigenvalue weighted by Gasteiger charge is -2.18. The molecular formula is C74H136O6. The first-order chi connectivity index (χ1) is 39.5. The standard InChI is InChI=1S/C74H136O6/c1-4-7-10-13-16-19-22-25-28-29-30-31-32-33-34-35-36-37-38-39-40-41-42-43-44-45-47-49-52-55-58-61-64-67-73(76)79-70-71(69-78-72(75)66-63-60-57-54-51-48-27-24-21-18-15-12-9-6-3)80-74(77)68-65-62-59-56-53-50-46-26-23-20-17-14-11-8-5-2/h22,24-27,29-30,46,71H,4-21,23,28,31-45,47-70H2,1-3H3/b25-22-,27-24-,30-29-,46-26-. The molecule has 468 valence electrons. The number of unbranched alkanes of at least 4 members (excludes halogenated alkanes) is 47. The Morgan fingerprint density at radius 2 is 0.450 bits per heavy atom. The van der Waals surface area contributed by atoms with E-state index in [1.54, 1.807) is 0 Å². The van der Waals surface area contributed by atoms with Crippen LogP contribution in [0.2, 0.25) is 0 Å². The number of carbonyl (C=O) groups is 3. The molecule has 0 aliphatic heterocycles. The second kappa shape index (κ2) is 68.9. The van der Waals surface area contributed by atoms with Crippen molar-refractivity contribution in [2.75, 3.05) is 13.2 Å². The number of carbonyl (C=O) groups excluding carboxylic acids is 3. The summed E-state index contributed by atoms with van der Waals surface area (Å²) in [4.78, 5) is 38.3. The molecule has 6 heteroatoms. The van der Waals surface area contributed by atoms with Gasteiger partial charge in [0.2, 0.25) is 0 Å². The van der Waals surface area contributed by atoms with Gasteiger partial charge in [-0.05, 0) is 103 Å². The van der Waals surface area contributed by atoms with Gasteiger partial charge in [0.1, 0.15) is 13.2 Å². The highest BCUT2D eigenvalue weighted by atomic mass is 16.6. The van der Waals surface area contributed by atoms with Crippen molar-refractivity contribution in [2.24, 2.45) is 0 Å². The zero-order valence-corrected chi connectivity index (χ0v) is 53.9. The highest BCUT2D eigenvalue weighted by molar-refractivity contribution is 5.71. The monoisotopic (exact) mass is 1120 g/mol. The minimum atomic E-state index is -0.779. The molecule has 6 nitrogen and oxygen atoms in total. The van der Waals surface area contributed by atoms with Gasteiger partial charge in [-0.2, -0.15) is 0 Å². The van der Waals surface area contributed by atoms with Gasteiger partial charge in [0.15, 0.2) is 6.10 Å². The fraction of sp³-hybridized carbons (Fsp3) is 0.851. The normalized spacial score (nSPS) is 12.3. The highest BCUT2D eigenvalue weighted by Gasteiger charge is 2.19. The Morgan fingerprint density at radius 3 is 0.700 bits per heavy atom. The summed E-state index contributed by atoms with van der Waals surface area (Å²) < 4.78 is 16.9. The molecule has 0 spiro atoms. The summed E-state index contributed by atoms with van der Waals surface area (Å²) in [7, 11) is 0. The van der Waals surface area contributed by atoms with Gasteiger partial charge in [0.05, 0.1) is 0 Å². The molecule has 0 N–H and O–H groups in total. The summed E-state index contributed by atoms with van der Waals surface area (Å²) in [6.07, 6.45) is 87.3. The zero-order valence-electron chi connectivity index (χ0n) is 53.9. The van der Waals surface area contributed by atoms with E-state index in [4.69, 9.17) is 14.2 Å². The number of ether oxygens (including phenoxy) is 3. The molecule has 0 heterocycles.